The second kappa shape index (κ2) is 16.0. The summed E-state index contributed by atoms with van der Waals surface area (Å²) in [6.45, 7) is 0. The molecule has 326 valence electrons. The molecule has 0 saturated carbocycles. The summed E-state index contributed by atoms with van der Waals surface area (Å²) >= 11 is 0. The molecule has 0 atom stereocenters. The smallest absolute Gasteiger partial charge is 0.161 e. The van der Waals surface area contributed by atoms with Crippen molar-refractivity contribution in [3.63, 3.8) is 0 Å². The average Bonchev–Trinajstić information content (AvgIpc) is 4.07. The number of nitrogens with zero attached hydrogens (tertiary/aromatic N) is 9. The maximum absolute atomic E-state index is 10.1. The average molecular weight is 904 g/mol. The Hall–Kier alpha value is -10.6. The number of fused-ring (bicyclic) bond motifs is 9. The molecular weight excluding hydrogens is 871 g/mol. The molecule has 9 heteroatoms. The number of para-hydroxylation sites is 2. The van der Waals surface area contributed by atoms with Gasteiger partial charge in [0, 0.05) is 66.1 Å². The Bertz CT molecular complexity index is 4310. The quantitative estimate of drug-likeness (QED) is 0.163. The van der Waals surface area contributed by atoms with Crippen LogP contribution in [0.15, 0.2) is 200 Å². The molecule has 0 radical (unpaired) electrons. The highest BCUT2D eigenvalue weighted by Gasteiger charge is 2.21. The predicted molar refractivity (Wildman–Crippen MR) is 280 cm³/mol. The minimum Gasteiger partial charge on any atom is -0.309 e. The third kappa shape index (κ3) is 6.37. The van der Waals surface area contributed by atoms with Gasteiger partial charge in [0.2, 0.25) is 0 Å². The topological polar surface area (TPSA) is 136 Å². The summed E-state index contributed by atoms with van der Waals surface area (Å²) in [5, 5.41) is 46.1. The van der Waals surface area contributed by atoms with Crippen LogP contribution < -0.4 is 0 Å². The SMILES string of the molecule is N#Cc1ccc2c(c1)c1ccccc1n2-c1ccc2c(c1)c1cc(-n3c4ccccc4c4cc(C#N)ccc43)ccc1n2-c1ccc(-c2cc(-c3ccccc3C#N)nc(-c3ccccc3C#N)n2)cc1. The van der Waals surface area contributed by atoms with Crippen molar-refractivity contribution < 1.29 is 0 Å². The lowest BCUT2D eigenvalue weighted by atomic mass is 10.0. The Balaban J connectivity index is 1.02. The number of hydrogen-bond donors (Lipinski definition) is 0. The van der Waals surface area contributed by atoms with Crippen molar-refractivity contribution in [3.8, 4) is 75.2 Å². The van der Waals surface area contributed by atoms with E-state index in [9.17, 15) is 21.0 Å². The molecule has 4 aromatic heterocycles. The van der Waals surface area contributed by atoms with Crippen LogP contribution in [0.2, 0.25) is 0 Å². The molecule has 0 saturated heterocycles. The van der Waals surface area contributed by atoms with Gasteiger partial charge in [-0.15, -0.1) is 0 Å². The fourth-order valence-corrected chi connectivity index (χ4v) is 10.4. The highest BCUT2D eigenvalue weighted by atomic mass is 15.0. The van der Waals surface area contributed by atoms with Crippen molar-refractivity contribution in [2.45, 2.75) is 0 Å². The van der Waals surface area contributed by atoms with E-state index in [-0.39, 0.29) is 0 Å². The number of nitriles is 4. The predicted octanol–water partition coefficient (Wildman–Crippen LogP) is 14.3. The molecular formula is C62H33N9. The van der Waals surface area contributed by atoms with Crippen molar-refractivity contribution >= 4 is 65.4 Å². The standard InChI is InChI=1S/C62H33N9/c63-34-38-17-25-58-50(29-38)48-13-5-7-15-56(48)70(58)44-23-27-60-52(31-44)53-32-45(71-57-16-8-6-14-49(57)51-30-39(35-64)18-26-59(51)71)24-28-61(53)69(60)43-21-19-40(20-22-43)54-33-55(46-11-3-1-9-41(46)36-65)68-62(67-54)47-12-4-2-10-42(47)37-66/h1-33H. The van der Waals surface area contributed by atoms with Gasteiger partial charge in [0.25, 0.3) is 0 Å². The molecule has 13 rings (SSSR count). The molecule has 13 aromatic rings. The van der Waals surface area contributed by atoms with Crippen LogP contribution in [0.3, 0.4) is 0 Å². The molecule has 71 heavy (non-hydrogen) atoms. The largest absolute Gasteiger partial charge is 0.309 e. The van der Waals surface area contributed by atoms with Crippen LogP contribution in [0.5, 0.6) is 0 Å². The lowest BCUT2D eigenvalue weighted by Gasteiger charge is -2.13. The molecule has 0 aliphatic heterocycles. The number of benzene rings is 9. The monoisotopic (exact) mass is 903 g/mol. The normalized spacial score (nSPS) is 11.3. The second-order valence-corrected chi connectivity index (χ2v) is 17.5. The van der Waals surface area contributed by atoms with E-state index in [1.54, 1.807) is 12.1 Å². The fourth-order valence-electron chi connectivity index (χ4n) is 10.4. The molecule has 0 aliphatic rings. The number of rotatable bonds is 6. The first-order valence-corrected chi connectivity index (χ1v) is 23.0. The van der Waals surface area contributed by atoms with E-state index in [4.69, 9.17) is 9.97 Å². The van der Waals surface area contributed by atoms with Gasteiger partial charge in [0.15, 0.2) is 5.82 Å². The summed E-state index contributed by atoms with van der Waals surface area (Å²) in [6, 6.07) is 75.8. The Labute approximate surface area is 406 Å². The highest BCUT2D eigenvalue weighted by molar-refractivity contribution is 6.14. The Kier molecular flexibility index (Phi) is 9.19. The summed E-state index contributed by atoms with van der Waals surface area (Å²) in [5.74, 6) is 0.392. The van der Waals surface area contributed by atoms with Crippen molar-refractivity contribution in [1.29, 1.82) is 21.0 Å². The van der Waals surface area contributed by atoms with E-state index in [2.05, 4.69) is 123 Å². The third-order valence-corrected chi connectivity index (χ3v) is 13.6. The molecule has 0 amide bonds. The summed E-state index contributed by atoms with van der Waals surface area (Å²) < 4.78 is 6.85. The van der Waals surface area contributed by atoms with E-state index in [1.165, 1.54) is 0 Å². The summed E-state index contributed by atoms with van der Waals surface area (Å²) in [7, 11) is 0. The van der Waals surface area contributed by atoms with E-state index < -0.39 is 0 Å². The van der Waals surface area contributed by atoms with E-state index in [0.29, 0.717) is 50.6 Å². The van der Waals surface area contributed by atoms with Crippen LogP contribution in [0.25, 0.3) is 116 Å². The van der Waals surface area contributed by atoms with Gasteiger partial charge >= 0.3 is 0 Å². The van der Waals surface area contributed by atoms with E-state index in [1.807, 2.05) is 103 Å². The summed E-state index contributed by atoms with van der Waals surface area (Å²) in [6.07, 6.45) is 0. The molecule has 0 bridgehead atoms. The minimum absolute atomic E-state index is 0.392. The first-order chi connectivity index (χ1) is 35.0. The van der Waals surface area contributed by atoms with Crippen molar-refractivity contribution in [3.05, 3.63) is 222 Å². The minimum atomic E-state index is 0.392. The van der Waals surface area contributed by atoms with Crippen molar-refractivity contribution in [2.24, 2.45) is 0 Å². The molecule has 0 unspecified atom stereocenters. The lowest BCUT2D eigenvalue weighted by molar-refractivity contribution is 1.15. The molecule has 0 N–H and O–H groups in total. The van der Waals surface area contributed by atoms with Crippen molar-refractivity contribution in [2.75, 3.05) is 0 Å². The molecule has 9 aromatic carbocycles. The highest BCUT2D eigenvalue weighted by Crippen LogP contribution is 2.40. The molecule has 4 heterocycles. The Morgan fingerprint density at radius 3 is 1.25 bits per heavy atom. The molecule has 9 nitrogen and oxygen atoms in total. The Morgan fingerprint density at radius 1 is 0.310 bits per heavy atom. The van der Waals surface area contributed by atoms with Gasteiger partial charge in [-0.1, -0.05) is 78.9 Å². The number of hydrogen-bond acceptors (Lipinski definition) is 6. The van der Waals surface area contributed by atoms with Crippen molar-refractivity contribution in [1.82, 2.24) is 23.7 Å². The lowest BCUT2D eigenvalue weighted by Crippen LogP contribution is -1.99. The van der Waals surface area contributed by atoms with Crippen LogP contribution in [0, 0.1) is 45.3 Å². The molecule has 0 fully saturated rings. The van der Waals surface area contributed by atoms with Crippen LogP contribution in [0.1, 0.15) is 22.3 Å². The zero-order valence-electron chi connectivity index (χ0n) is 37.6. The maximum atomic E-state index is 10.1. The van der Waals surface area contributed by atoms with Gasteiger partial charge in [-0.05, 0) is 121 Å². The molecule has 0 spiro atoms. The molecule has 0 aliphatic carbocycles. The van der Waals surface area contributed by atoms with Gasteiger partial charge in [-0.2, -0.15) is 21.0 Å². The third-order valence-electron chi connectivity index (χ3n) is 13.6. The maximum Gasteiger partial charge on any atom is 0.161 e. The fraction of sp³-hybridized carbons (Fsp3) is 0. The Morgan fingerprint density at radius 2 is 0.718 bits per heavy atom. The zero-order valence-corrected chi connectivity index (χ0v) is 37.6. The second-order valence-electron chi connectivity index (χ2n) is 17.5. The van der Waals surface area contributed by atoms with Gasteiger partial charge in [0.1, 0.15) is 0 Å². The number of aromatic nitrogens is 5. The van der Waals surface area contributed by atoms with Gasteiger partial charge in [0.05, 0.1) is 91.0 Å². The van der Waals surface area contributed by atoms with Gasteiger partial charge in [-0.3, -0.25) is 0 Å². The van der Waals surface area contributed by atoms with E-state index >= 15 is 0 Å². The van der Waals surface area contributed by atoms with E-state index in [0.717, 1.165) is 88.0 Å². The van der Waals surface area contributed by atoms with Crippen LogP contribution in [-0.4, -0.2) is 23.7 Å². The first-order valence-electron chi connectivity index (χ1n) is 23.0. The van der Waals surface area contributed by atoms with Crippen LogP contribution in [-0.2, 0) is 0 Å². The zero-order chi connectivity index (χ0) is 47.7. The van der Waals surface area contributed by atoms with Crippen LogP contribution in [0.4, 0.5) is 0 Å². The summed E-state index contributed by atoms with van der Waals surface area (Å²) in [5.41, 5.74) is 14.5. The first kappa shape index (κ1) is 40.7. The van der Waals surface area contributed by atoms with Crippen LogP contribution >= 0.6 is 0 Å². The van der Waals surface area contributed by atoms with Gasteiger partial charge < -0.3 is 13.7 Å². The summed E-state index contributed by atoms with van der Waals surface area (Å²) in [4.78, 5) is 9.97. The van der Waals surface area contributed by atoms with Gasteiger partial charge in [-0.25, -0.2) is 9.97 Å².